The Kier molecular flexibility index (Phi) is 4.76. The lowest BCUT2D eigenvalue weighted by Gasteiger charge is -2.05. The van der Waals surface area contributed by atoms with Crippen molar-refractivity contribution < 1.29 is 17.3 Å². The largest absolute Gasteiger partial charge is 0.459 e. The van der Waals surface area contributed by atoms with Crippen LogP contribution in [0.2, 0.25) is 5.02 Å². The smallest absolute Gasteiger partial charge is 0.265 e. The predicted octanol–water partition coefficient (Wildman–Crippen LogP) is 4.92. The highest BCUT2D eigenvalue weighted by atomic mass is 35.5. The molecule has 0 amide bonds. The number of oxazole rings is 1. The molecule has 0 saturated heterocycles. The molecule has 2 aromatic heterocycles. The van der Waals surface area contributed by atoms with Gasteiger partial charge in [-0.15, -0.1) is 0 Å². The van der Waals surface area contributed by atoms with E-state index >= 15 is 0 Å². The summed E-state index contributed by atoms with van der Waals surface area (Å²) in [5.74, 6) is 0.508. The quantitative estimate of drug-likeness (QED) is 0.582. The zero-order valence-corrected chi connectivity index (χ0v) is 15.3. The van der Waals surface area contributed by atoms with Gasteiger partial charge in [0.05, 0.1) is 11.2 Å². The van der Waals surface area contributed by atoms with Crippen molar-refractivity contribution in [1.82, 2.24) is 4.98 Å². The first kappa shape index (κ1) is 17.1. The van der Waals surface area contributed by atoms with Gasteiger partial charge in [0.15, 0.2) is 5.76 Å². The van der Waals surface area contributed by atoms with Gasteiger partial charge in [-0.2, -0.15) is 4.98 Å². The van der Waals surface area contributed by atoms with Gasteiger partial charge < -0.3 is 8.83 Å². The summed E-state index contributed by atoms with van der Waals surface area (Å²) in [4.78, 5) is 4.28. The van der Waals surface area contributed by atoms with E-state index in [1.807, 2.05) is 13.8 Å². The fourth-order valence-corrected chi connectivity index (χ4v) is 4.46. The van der Waals surface area contributed by atoms with Crippen molar-refractivity contribution in [2.75, 3.05) is 0 Å². The summed E-state index contributed by atoms with van der Waals surface area (Å²) < 4.78 is 36.7. The lowest BCUT2D eigenvalue weighted by atomic mass is 10.4. The number of hydrogen-bond donors (Lipinski definition) is 0. The molecule has 1 aromatic carbocycles. The Balaban J connectivity index is 2.12. The van der Waals surface area contributed by atoms with E-state index in [1.165, 1.54) is 42.3 Å². The number of sulfone groups is 1. The van der Waals surface area contributed by atoms with Gasteiger partial charge >= 0.3 is 0 Å². The summed E-state index contributed by atoms with van der Waals surface area (Å²) in [5.41, 5.74) is 0. The Hall–Kier alpha value is -1.70. The molecule has 5 nitrogen and oxygen atoms in total. The number of benzene rings is 1. The minimum Gasteiger partial charge on any atom is -0.459 e. The average Bonchev–Trinajstić information content (AvgIpc) is 3.16. The molecule has 3 aromatic rings. The summed E-state index contributed by atoms with van der Waals surface area (Å²) in [6.45, 7) is 3.89. The van der Waals surface area contributed by atoms with Gasteiger partial charge in [0.25, 0.3) is 5.89 Å². The van der Waals surface area contributed by atoms with Crippen molar-refractivity contribution in [1.29, 1.82) is 0 Å². The van der Waals surface area contributed by atoms with Crippen LogP contribution in [0.3, 0.4) is 0 Å². The van der Waals surface area contributed by atoms with Crippen LogP contribution in [0.15, 0.2) is 66.5 Å². The molecule has 126 valence electrons. The van der Waals surface area contributed by atoms with Crippen LogP contribution in [-0.2, 0) is 9.84 Å². The Bertz CT molecular complexity index is 929. The van der Waals surface area contributed by atoms with Crippen molar-refractivity contribution in [3.8, 4) is 11.7 Å². The number of rotatable bonds is 5. The number of halogens is 1. The minimum atomic E-state index is -3.83. The van der Waals surface area contributed by atoms with Crippen LogP contribution in [0.25, 0.3) is 11.7 Å². The first-order chi connectivity index (χ1) is 11.4. The topological polar surface area (TPSA) is 73.3 Å². The lowest BCUT2D eigenvalue weighted by Crippen LogP contribution is -2.04. The molecular weight excluding hydrogens is 370 g/mol. The van der Waals surface area contributed by atoms with Crippen molar-refractivity contribution in [3.05, 3.63) is 47.7 Å². The summed E-state index contributed by atoms with van der Waals surface area (Å²) in [6.07, 6.45) is 1.47. The Morgan fingerprint density at radius 1 is 1.17 bits per heavy atom. The molecule has 0 saturated carbocycles. The number of furan rings is 1. The second-order valence-electron chi connectivity index (χ2n) is 5.21. The van der Waals surface area contributed by atoms with E-state index in [1.54, 1.807) is 12.1 Å². The van der Waals surface area contributed by atoms with E-state index < -0.39 is 9.84 Å². The van der Waals surface area contributed by atoms with Crippen LogP contribution >= 0.6 is 23.4 Å². The van der Waals surface area contributed by atoms with Gasteiger partial charge in [0.1, 0.15) is 0 Å². The Morgan fingerprint density at radius 2 is 1.88 bits per heavy atom. The zero-order chi connectivity index (χ0) is 17.3. The molecule has 0 fully saturated rings. The molecule has 24 heavy (non-hydrogen) atoms. The summed E-state index contributed by atoms with van der Waals surface area (Å²) in [5, 5.41) is 0.713. The van der Waals surface area contributed by atoms with Crippen LogP contribution in [0, 0.1) is 0 Å². The van der Waals surface area contributed by atoms with E-state index in [4.69, 9.17) is 20.4 Å². The molecule has 0 unspecified atom stereocenters. The maximum absolute atomic E-state index is 12.9. The molecule has 0 spiro atoms. The lowest BCUT2D eigenvalue weighted by molar-refractivity contribution is 0.450. The van der Waals surface area contributed by atoms with Gasteiger partial charge in [0, 0.05) is 10.3 Å². The molecule has 0 atom stereocenters. The molecule has 0 aliphatic heterocycles. The highest BCUT2D eigenvalue weighted by molar-refractivity contribution is 8.00. The van der Waals surface area contributed by atoms with Crippen molar-refractivity contribution in [3.63, 3.8) is 0 Å². The van der Waals surface area contributed by atoms with Gasteiger partial charge in [-0.05, 0) is 36.4 Å². The van der Waals surface area contributed by atoms with Gasteiger partial charge in [-0.1, -0.05) is 37.2 Å². The minimum absolute atomic E-state index is 0.108. The van der Waals surface area contributed by atoms with E-state index in [0.717, 1.165) is 0 Å². The van der Waals surface area contributed by atoms with E-state index in [2.05, 4.69) is 4.98 Å². The van der Waals surface area contributed by atoms with Crippen LogP contribution in [-0.4, -0.2) is 18.7 Å². The third kappa shape index (κ3) is 3.38. The summed E-state index contributed by atoms with van der Waals surface area (Å²) in [7, 11) is -3.83. The monoisotopic (exact) mass is 383 g/mol. The maximum atomic E-state index is 12.9. The van der Waals surface area contributed by atoms with Gasteiger partial charge in [0.2, 0.25) is 20.0 Å². The third-order valence-electron chi connectivity index (χ3n) is 3.02. The molecule has 2 heterocycles. The van der Waals surface area contributed by atoms with E-state index in [0.29, 0.717) is 10.8 Å². The summed E-state index contributed by atoms with van der Waals surface area (Å²) >= 11 is 7.13. The second kappa shape index (κ2) is 6.66. The van der Waals surface area contributed by atoms with Gasteiger partial charge in [-0.25, -0.2) is 8.42 Å². The van der Waals surface area contributed by atoms with E-state index in [9.17, 15) is 8.42 Å². The van der Waals surface area contributed by atoms with E-state index in [-0.39, 0.29) is 26.2 Å². The van der Waals surface area contributed by atoms with Crippen molar-refractivity contribution >= 4 is 33.2 Å². The Labute approximate surface area is 149 Å². The fraction of sp³-hybridized carbons (Fsp3) is 0.188. The fourth-order valence-electron chi connectivity index (χ4n) is 1.98. The standard InChI is InChI=1S/C16H14ClNO4S2/c1-10(2)23-16-15(18-14(22-16)13-4-3-9-21-13)24(19,20)12-7-5-11(17)6-8-12/h3-10H,1-2H3. The average molecular weight is 384 g/mol. The summed E-state index contributed by atoms with van der Waals surface area (Å²) in [6, 6.07) is 9.29. The number of nitrogens with zero attached hydrogens (tertiary/aromatic N) is 1. The maximum Gasteiger partial charge on any atom is 0.265 e. The third-order valence-corrected chi connectivity index (χ3v) is 6.04. The first-order valence-electron chi connectivity index (χ1n) is 7.10. The SMILES string of the molecule is CC(C)Sc1oc(-c2ccco2)nc1S(=O)(=O)c1ccc(Cl)cc1. The zero-order valence-electron chi connectivity index (χ0n) is 12.9. The van der Waals surface area contributed by atoms with Crippen molar-refractivity contribution in [2.45, 2.75) is 34.1 Å². The highest BCUT2D eigenvalue weighted by Crippen LogP contribution is 2.36. The molecule has 0 radical (unpaired) electrons. The van der Waals surface area contributed by atoms with Crippen LogP contribution in [0.4, 0.5) is 0 Å². The van der Waals surface area contributed by atoms with Crippen LogP contribution in [0.5, 0.6) is 0 Å². The number of hydrogen-bond acceptors (Lipinski definition) is 6. The predicted molar refractivity (Wildman–Crippen MR) is 92.1 cm³/mol. The molecule has 3 rings (SSSR count). The van der Waals surface area contributed by atoms with Crippen LogP contribution < -0.4 is 0 Å². The normalized spacial score (nSPS) is 12.0. The molecule has 0 bridgehead atoms. The van der Waals surface area contributed by atoms with Gasteiger partial charge in [-0.3, -0.25) is 0 Å². The number of aromatic nitrogens is 1. The highest BCUT2D eigenvalue weighted by Gasteiger charge is 2.29. The van der Waals surface area contributed by atoms with Crippen molar-refractivity contribution in [2.24, 2.45) is 0 Å². The second-order valence-corrected chi connectivity index (χ2v) is 9.06. The molecular formula is C16H14ClNO4S2. The molecule has 8 heteroatoms. The Morgan fingerprint density at radius 3 is 2.46 bits per heavy atom. The molecule has 0 aliphatic carbocycles. The van der Waals surface area contributed by atoms with Crippen LogP contribution in [0.1, 0.15) is 13.8 Å². The number of thioether (sulfide) groups is 1. The molecule has 0 N–H and O–H groups in total. The molecule has 0 aliphatic rings. The first-order valence-corrected chi connectivity index (χ1v) is 9.84.